The quantitative estimate of drug-likeness (QED) is 0.888. The summed E-state index contributed by atoms with van der Waals surface area (Å²) in [5.74, 6) is 0. The van der Waals surface area contributed by atoms with Crippen LogP contribution < -0.4 is 4.72 Å². The fraction of sp³-hybridized carbons (Fsp3) is 0.308. The lowest BCUT2D eigenvalue weighted by molar-refractivity contribution is 0.561. The number of benzene rings is 1. The van der Waals surface area contributed by atoms with Gasteiger partial charge in [0.25, 0.3) is 0 Å². The molecule has 0 unspecified atom stereocenters. The van der Waals surface area contributed by atoms with Crippen molar-refractivity contribution in [3.8, 4) is 0 Å². The van der Waals surface area contributed by atoms with Crippen LogP contribution in [0.1, 0.15) is 12.5 Å². The Hall–Kier alpha value is -1.37. The van der Waals surface area contributed by atoms with Crippen molar-refractivity contribution in [2.45, 2.75) is 24.8 Å². The molecule has 0 fully saturated rings. The second kappa shape index (κ2) is 6.39. The predicted octanol–water partition coefficient (Wildman–Crippen LogP) is 2.08. The van der Waals surface area contributed by atoms with E-state index in [0.29, 0.717) is 11.6 Å². The maximum absolute atomic E-state index is 12.1. The summed E-state index contributed by atoms with van der Waals surface area (Å²) in [4.78, 5) is 0.271. The first-order valence-corrected chi connectivity index (χ1v) is 8.14. The average molecular weight is 314 g/mol. The van der Waals surface area contributed by atoms with Gasteiger partial charge in [0.1, 0.15) is 0 Å². The second-order valence-electron chi connectivity index (χ2n) is 4.32. The first kappa shape index (κ1) is 15.0. The van der Waals surface area contributed by atoms with Crippen molar-refractivity contribution in [1.82, 2.24) is 14.5 Å². The molecule has 1 N–H and O–H groups in total. The van der Waals surface area contributed by atoms with Gasteiger partial charge < -0.3 is 0 Å². The van der Waals surface area contributed by atoms with E-state index in [1.54, 1.807) is 23.0 Å². The number of sulfonamides is 1. The van der Waals surface area contributed by atoms with Crippen molar-refractivity contribution >= 4 is 21.6 Å². The van der Waals surface area contributed by atoms with E-state index in [0.717, 1.165) is 12.0 Å². The highest BCUT2D eigenvalue weighted by Crippen LogP contribution is 2.11. The molecule has 2 aromatic rings. The summed E-state index contributed by atoms with van der Waals surface area (Å²) in [6, 6.07) is 6.88. The Balaban J connectivity index is 1.96. The summed E-state index contributed by atoms with van der Waals surface area (Å²) in [6.07, 6.45) is 4.04. The largest absolute Gasteiger partial charge is 0.270 e. The monoisotopic (exact) mass is 313 g/mol. The van der Waals surface area contributed by atoms with Crippen molar-refractivity contribution in [1.29, 1.82) is 0 Å². The molecule has 1 aromatic carbocycles. The fourth-order valence-electron chi connectivity index (χ4n) is 1.74. The minimum absolute atomic E-state index is 0.260. The number of rotatable bonds is 6. The van der Waals surface area contributed by atoms with E-state index in [9.17, 15) is 8.42 Å². The number of halogens is 1. The molecule has 5 nitrogen and oxygen atoms in total. The maximum Gasteiger partial charge on any atom is 0.240 e. The van der Waals surface area contributed by atoms with Crippen LogP contribution in [0.2, 0.25) is 5.02 Å². The fourth-order valence-corrected chi connectivity index (χ4v) is 2.92. The zero-order valence-electron chi connectivity index (χ0n) is 11.1. The highest BCUT2D eigenvalue weighted by atomic mass is 35.5. The molecule has 0 spiro atoms. The molecular weight excluding hydrogens is 298 g/mol. The molecule has 0 atom stereocenters. The summed E-state index contributed by atoms with van der Waals surface area (Å²) >= 11 is 5.73. The van der Waals surface area contributed by atoms with Gasteiger partial charge in [0.05, 0.1) is 22.7 Å². The Morgan fingerprint density at radius 2 is 2.00 bits per heavy atom. The van der Waals surface area contributed by atoms with E-state index < -0.39 is 10.0 Å². The molecule has 7 heteroatoms. The third-order valence-corrected chi connectivity index (χ3v) is 4.55. The van der Waals surface area contributed by atoms with E-state index in [2.05, 4.69) is 9.82 Å². The van der Waals surface area contributed by atoms with Crippen molar-refractivity contribution in [3.63, 3.8) is 0 Å². The zero-order chi connectivity index (χ0) is 14.6. The van der Waals surface area contributed by atoms with Crippen LogP contribution in [-0.4, -0.2) is 24.7 Å². The van der Waals surface area contributed by atoms with E-state index in [1.807, 2.05) is 19.1 Å². The summed E-state index contributed by atoms with van der Waals surface area (Å²) in [7, 11) is -3.47. The molecule has 2 rings (SSSR count). The van der Waals surface area contributed by atoms with Gasteiger partial charge >= 0.3 is 0 Å². The molecule has 0 saturated carbocycles. The minimum atomic E-state index is -3.47. The van der Waals surface area contributed by atoms with Crippen LogP contribution >= 0.6 is 11.6 Å². The molecule has 0 aliphatic heterocycles. The zero-order valence-corrected chi connectivity index (χ0v) is 12.7. The van der Waals surface area contributed by atoms with E-state index in [-0.39, 0.29) is 11.4 Å². The van der Waals surface area contributed by atoms with Crippen molar-refractivity contribution < 1.29 is 8.42 Å². The third-order valence-electron chi connectivity index (χ3n) is 2.88. The summed E-state index contributed by atoms with van der Waals surface area (Å²) in [6.45, 7) is 2.71. The van der Waals surface area contributed by atoms with Crippen LogP contribution in [0.25, 0.3) is 0 Å². The predicted molar refractivity (Wildman–Crippen MR) is 78.2 cm³/mol. The van der Waals surface area contributed by atoms with Crippen LogP contribution in [0, 0.1) is 0 Å². The van der Waals surface area contributed by atoms with Gasteiger partial charge in [-0.25, -0.2) is 13.1 Å². The van der Waals surface area contributed by atoms with E-state index in [1.165, 1.54) is 6.20 Å². The minimum Gasteiger partial charge on any atom is -0.270 e. The topological polar surface area (TPSA) is 64.0 Å². The molecule has 0 saturated heterocycles. The molecule has 0 radical (unpaired) electrons. The maximum atomic E-state index is 12.1. The Morgan fingerprint density at radius 3 is 2.55 bits per heavy atom. The smallest absolute Gasteiger partial charge is 0.240 e. The average Bonchev–Trinajstić information content (AvgIpc) is 2.84. The molecule has 108 valence electrons. The van der Waals surface area contributed by atoms with Gasteiger partial charge in [-0.3, -0.25) is 4.68 Å². The number of hydrogen-bond acceptors (Lipinski definition) is 3. The number of nitrogens with one attached hydrogen (secondary N) is 1. The first-order valence-electron chi connectivity index (χ1n) is 6.28. The molecule has 0 aliphatic rings. The molecular formula is C13H16ClN3O2S. The van der Waals surface area contributed by atoms with Crippen molar-refractivity contribution in [2.75, 3.05) is 6.54 Å². The summed E-state index contributed by atoms with van der Waals surface area (Å²) in [5.41, 5.74) is 1.11. The molecule has 0 aliphatic carbocycles. The van der Waals surface area contributed by atoms with Crippen LogP contribution in [0.5, 0.6) is 0 Å². The Bertz CT molecular complexity index is 665. The number of hydrogen-bond donors (Lipinski definition) is 1. The second-order valence-corrected chi connectivity index (χ2v) is 6.52. The highest BCUT2D eigenvalue weighted by molar-refractivity contribution is 7.89. The lowest BCUT2D eigenvalue weighted by Crippen LogP contribution is -2.27. The molecule has 0 bridgehead atoms. The standard InChI is InChI=1S/C13H16ClN3O2S/c1-2-11-3-5-13(6-4-11)20(18,19)16-7-8-17-10-12(14)9-15-17/h3-6,9-10,16H,2,7-8H2,1H3. The van der Waals surface area contributed by atoms with E-state index >= 15 is 0 Å². The highest BCUT2D eigenvalue weighted by Gasteiger charge is 2.12. The van der Waals surface area contributed by atoms with Gasteiger partial charge in [0.2, 0.25) is 10.0 Å². The summed E-state index contributed by atoms with van der Waals surface area (Å²) < 4.78 is 28.2. The number of aryl methyl sites for hydroxylation is 1. The molecule has 20 heavy (non-hydrogen) atoms. The van der Waals surface area contributed by atoms with Gasteiger partial charge in [-0.2, -0.15) is 5.10 Å². The van der Waals surface area contributed by atoms with Gasteiger partial charge in [0, 0.05) is 12.7 Å². The van der Waals surface area contributed by atoms with Gasteiger partial charge in [-0.15, -0.1) is 0 Å². The number of aromatic nitrogens is 2. The van der Waals surface area contributed by atoms with Crippen molar-refractivity contribution in [3.05, 3.63) is 47.2 Å². The number of nitrogens with zero attached hydrogens (tertiary/aromatic N) is 2. The Labute approximate surface area is 123 Å². The van der Waals surface area contributed by atoms with Gasteiger partial charge in [-0.1, -0.05) is 30.7 Å². The Kier molecular flexibility index (Phi) is 4.80. The van der Waals surface area contributed by atoms with Gasteiger partial charge in [-0.05, 0) is 24.1 Å². The Morgan fingerprint density at radius 1 is 1.30 bits per heavy atom. The molecule has 1 heterocycles. The lowest BCUT2D eigenvalue weighted by Gasteiger charge is -2.07. The van der Waals surface area contributed by atoms with E-state index in [4.69, 9.17) is 11.6 Å². The van der Waals surface area contributed by atoms with Crippen LogP contribution in [0.15, 0.2) is 41.6 Å². The molecule has 1 aromatic heterocycles. The summed E-state index contributed by atoms with van der Waals surface area (Å²) in [5, 5.41) is 4.51. The SMILES string of the molecule is CCc1ccc(S(=O)(=O)NCCn2cc(Cl)cn2)cc1. The van der Waals surface area contributed by atoms with Gasteiger partial charge in [0.15, 0.2) is 0 Å². The van der Waals surface area contributed by atoms with Crippen LogP contribution in [0.3, 0.4) is 0 Å². The third kappa shape index (κ3) is 3.82. The van der Waals surface area contributed by atoms with Crippen molar-refractivity contribution in [2.24, 2.45) is 0 Å². The molecule has 0 amide bonds. The lowest BCUT2D eigenvalue weighted by atomic mass is 10.2. The first-order chi connectivity index (χ1) is 9.51. The van der Waals surface area contributed by atoms with Crippen LogP contribution in [-0.2, 0) is 23.0 Å². The van der Waals surface area contributed by atoms with Crippen LogP contribution in [0.4, 0.5) is 0 Å². The normalized spacial score (nSPS) is 11.7.